The second-order valence-electron chi connectivity index (χ2n) is 8.28. The summed E-state index contributed by atoms with van der Waals surface area (Å²) in [5.74, 6) is 0.546. The number of aryl methyl sites for hydroxylation is 2. The van der Waals surface area contributed by atoms with Crippen molar-refractivity contribution in [1.82, 2.24) is 29.9 Å². The first-order valence-electron chi connectivity index (χ1n) is 10.2. The van der Waals surface area contributed by atoms with Crippen LogP contribution in [0.15, 0.2) is 30.6 Å². The molecule has 1 saturated heterocycles. The van der Waals surface area contributed by atoms with E-state index in [1.807, 2.05) is 37.3 Å². The first-order valence-corrected chi connectivity index (χ1v) is 10.2. The highest BCUT2D eigenvalue weighted by molar-refractivity contribution is 5.92. The van der Waals surface area contributed by atoms with Crippen LogP contribution in [0.4, 0.5) is 0 Å². The van der Waals surface area contributed by atoms with Gasteiger partial charge in [0, 0.05) is 54.9 Å². The van der Waals surface area contributed by atoms with Gasteiger partial charge in [-0.15, -0.1) is 0 Å². The lowest BCUT2D eigenvalue weighted by Crippen LogP contribution is -2.39. The van der Waals surface area contributed by atoms with Gasteiger partial charge >= 0.3 is 0 Å². The SMILES string of the molecule is Cc1cc(-c2cnn(C)c2)cc(C2CCCN(C(=O)c3cc(C(C)C)[nH]n3)C2)n1. The molecule has 0 radical (unpaired) electrons. The van der Waals surface area contributed by atoms with Crippen LogP contribution in [0, 0.1) is 6.92 Å². The lowest BCUT2D eigenvalue weighted by Gasteiger charge is -2.32. The Morgan fingerprint density at radius 3 is 2.76 bits per heavy atom. The molecule has 1 amide bonds. The van der Waals surface area contributed by atoms with Crippen LogP contribution < -0.4 is 0 Å². The van der Waals surface area contributed by atoms with Crippen LogP contribution in [0.25, 0.3) is 11.1 Å². The summed E-state index contributed by atoms with van der Waals surface area (Å²) in [6, 6.07) is 6.11. The van der Waals surface area contributed by atoms with Crippen molar-refractivity contribution in [2.24, 2.45) is 7.05 Å². The zero-order valence-electron chi connectivity index (χ0n) is 17.5. The van der Waals surface area contributed by atoms with Gasteiger partial charge in [-0.1, -0.05) is 13.8 Å². The van der Waals surface area contributed by atoms with Crippen molar-refractivity contribution in [2.75, 3.05) is 13.1 Å². The van der Waals surface area contributed by atoms with Crippen LogP contribution in [0.5, 0.6) is 0 Å². The minimum atomic E-state index is -0.00186. The Morgan fingerprint density at radius 1 is 1.24 bits per heavy atom. The summed E-state index contributed by atoms with van der Waals surface area (Å²) in [6.45, 7) is 7.63. The molecule has 1 N–H and O–H groups in total. The zero-order valence-corrected chi connectivity index (χ0v) is 17.5. The molecular formula is C22H28N6O. The summed E-state index contributed by atoms with van der Waals surface area (Å²) in [7, 11) is 1.92. The molecule has 1 aliphatic rings. The number of aromatic nitrogens is 5. The number of hydrogen-bond acceptors (Lipinski definition) is 4. The van der Waals surface area contributed by atoms with E-state index in [2.05, 4.69) is 41.3 Å². The van der Waals surface area contributed by atoms with Gasteiger partial charge in [0.15, 0.2) is 0 Å². The quantitative estimate of drug-likeness (QED) is 0.735. The van der Waals surface area contributed by atoms with E-state index in [9.17, 15) is 4.79 Å². The number of aromatic amines is 1. The highest BCUT2D eigenvalue weighted by atomic mass is 16.2. The molecule has 152 valence electrons. The van der Waals surface area contributed by atoms with E-state index in [1.165, 1.54) is 0 Å². The van der Waals surface area contributed by atoms with E-state index in [-0.39, 0.29) is 11.8 Å². The van der Waals surface area contributed by atoms with E-state index >= 15 is 0 Å². The van der Waals surface area contributed by atoms with Gasteiger partial charge < -0.3 is 4.90 Å². The number of rotatable bonds is 4. The van der Waals surface area contributed by atoms with Gasteiger partial charge in [-0.2, -0.15) is 10.2 Å². The molecule has 7 nitrogen and oxygen atoms in total. The number of amides is 1. The average molecular weight is 393 g/mol. The van der Waals surface area contributed by atoms with E-state index in [1.54, 1.807) is 4.68 Å². The van der Waals surface area contributed by atoms with Crippen molar-refractivity contribution in [3.8, 4) is 11.1 Å². The molecule has 4 rings (SSSR count). The molecule has 7 heteroatoms. The van der Waals surface area contributed by atoms with E-state index in [4.69, 9.17) is 4.98 Å². The Labute approximate surface area is 171 Å². The van der Waals surface area contributed by atoms with Gasteiger partial charge in [-0.25, -0.2) is 0 Å². The topological polar surface area (TPSA) is 79.7 Å². The van der Waals surface area contributed by atoms with Crippen LogP contribution in [0.2, 0.25) is 0 Å². The highest BCUT2D eigenvalue weighted by Gasteiger charge is 2.28. The maximum Gasteiger partial charge on any atom is 0.274 e. The number of piperidine rings is 1. The predicted molar refractivity (Wildman–Crippen MR) is 112 cm³/mol. The summed E-state index contributed by atoms with van der Waals surface area (Å²) in [5.41, 5.74) is 5.73. The van der Waals surface area contributed by atoms with E-state index in [0.717, 1.165) is 47.6 Å². The fourth-order valence-corrected chi connectivity index (χ4v) is 3.95. The molecule has 0 spiro atoms. The fourth-order valence-electron chi connectivity index (χ4n) is 3.95. The van der Waals surface area contributed by atoms with Crippen LogP contribution in [-0.2, 0) is 7.05 Å². The second-order valence-corrected chi connectivity index (χ2v) is 8.28. The lowest BCUT2D eigenvalue weighted by atomic mass is 9.92. The lowest BCUT2D eigenvalue weighted by molar-refractivity contribution is 0.0700. The molecule has 29 heavy (non-hydrogen) atoms. The third-order valence-corrected chi connectivity index (χ3v) is 5.58. The molecule has 3 aromatic rings. The summed E-state index contributed by atoms with van der Waals surface area (Å²) in [6.07, 6.45) is 5.89. The minimum absolute atomic E-state index is 0.00186. The van der Waals surface area contributed by atoms with Crippen LogP contribution >= 0.6 is 0 Å². The molecule has 0 aromatic carbocycles. The Bertz CT molecular complexity index is 1020. The number of carbonyl (C=O) groups excluding carboxylic acids is 1. The van der Waals surface area contributed by atoms with E-state index in [0.29, 0.717) is 18.2 Å². The van der Waals surface area contributed by atoms with Crippen molar-refractivity contribution in [1.29, 1.82) is 0 Å². The van der Waals surface area contributed by atoms with Gasteiger partial charge in [0.25, 0.3) is 5.91 Å². The smallest absolute Gasteiger partial charge is 0.274 e. The number of H-pyrrole nitrogens is 1. The van der Waals surface area contributed by atoms with Crippen LogP contribution in [0.3, 0.4) is 0 Å². The van der Waals surface area contributed by atoms with Crippen molar-refractivity contribution in [2.45, 2.75) is 45.4 Å². The normalized spacial score (nSPS) is 17.1. The van der Waals surface area contributed by atoms with Gasteiger partial charge in [0.05, 0.1) is 6.20 Å². The number of carbonyl (C=O) groups is 1. The first-order chi connectivity index (χ1) is 13.9. The fraction of sp³-hybridized carbons (Fsp3) is 0.455. The number of pyridine rings is 1. The van der Waals surface area contributed by atoms with Gasteiger partial charge in [-0.3, -0.25) is 19.6 Å². The molecule has 0 saturated carbocycles. The third-order valence-electron chi connectivity index (χ3n) is 5.58. The Morgan fingerprint density at radius 2 is 2.07 bits per heavy atom. The van der Waals surface area contributed by atoms with Gasteiger partial charge in [-0.05, 0) is 49.4 Å². The van der Waals surface area contributed by atoms with Gasteiger partial charge in [0.2, 0.25) is 0 Å². The molecule has 4 heterocycles. The standard InChI is InChI=1S/C22H28N6O/c1-14(2)19-10-21(26-25-19)22(29)28-7-5-6-16(13-28)20-9-17(8-15(3)24-20)18-11-23-27(4)12-18/h8-12,14,16H,5-7,13H2,1-4H3,(H,25,26). The maximum atomic E-state index is 13.0. The maximum absolute atomic E-state index is 13.0. The van der Waals surface area contributed by atoms with Crippen molar-refractivity contribution in [3.05, 3.63) is 53.4 Å². The van der Waals surface area contributed by atoms with E-state index < -0.39 is 0 Å². The Hall–Kier alpha value is -2.96. The molecule has 1 aliphatic heterocycles. The average Bonchev–Trinajstić information content (AvgIpc) is 3.36. The highest BCUT2D eigenvalue weighted by Crippen LogP contribution is 2.30. The Kier molecular flexibility index (Phi) is 5.22. The largest absolute Gasteiger partial charge is 0.337 e. The van der Waals surface area contributed by atoms with Crippen LogP contribution in [-0.4, -0.2) is 48.9 Å². The predicted octanol–water partition coefficient (Wildman–Crippen LogP) is 3.66. The molecule has 1 fully saturated rings. The number of nitrogens with one attached hydrogen (secondary N) is 1. The van der Waals surface area contributed by atoms with Crippen molar-refractivity contribution in [3.63, 3.8) is 0 Å². The summed E-state index contributed by atoms with van der Waals surface area (Å²) >= 11 is 0. The van der Waals surface area contributed by atoms with Crippen molar-refractivity contribution < 1.29 is 4.79 Å². The zero-order chi connectivity index (χ0) is 20.5. The number of likely N-dealkylation sites (tertiary alicyclic amines) is 1. The summed E-state index contributed by atoms with van der Waals surface area (Å²) < 4.78 is 1.81. The molecule has 1 atom stereocenters. The van der Waals surface area contributed by atoms with Gasteiger partial charge in [0.1, 0.15) is 5.69 Å². The molecule has 3 aromatic heterocycles. The molecular weight excluding hydrogens is 364 g/mol. The summed E-state index contributed by atoms with van der Waals surface area (Å²) in [5, 5.41) is 11.5. The number of nitrogens with zero attached hydrogens (tertiary/aromatic N) is 5. The Balaban J connectivity index is 1.55. The third kappa shape index (κ3) is 4.09. The molecule has 0 aliphatic carbocycles. The van der Waals surface area contributed by atoms with Crippen molar-refractivity contribution >= 4 is 5.91 Å². The summed E-state index contributed by atoms with van der Waals surface area (Å²) in [4.78, 5) is 19.7. The minimum Gasteiger partial charge on any atom is -0.337 e. The van der Waals surface area contributed by atoms with Crippen LogP contribution in [0.1, 0.15) is 66.1 Å². The molecule has 1 unspecified atom stereocenters. The second kappa shape index (κ2) is 7.81. The first kappa shape index (κ1) is 19.4. The number of hydrogen-bond donors (Lipinski definition) is 1. The molecule has 0 bridgehead atoms. The monoisotopic (exact) mass is 392 g/mol.